The third-order valence-electron chi connectivity index (χ3n) is 4.61. The summed E-state index contributed by atoms with van der Waals surface area (Å²) in [4.78, 5) is 35.8. The van der Waals surface area contributed by atoms with Crippen LogP contribution in [0.3, 0.4) is 0 Å². The molecule has 0 aliphatic carbocycles. The average Bonchev–Trinajstić information content (AvgIpc) is 2.77. The molecule has 1 amide bonds. The second kappa shape index (κ2) is 9.65. The summed E-state index contributed by atoms with van der Waals surface area (Å²) in [5, 5.41) is 28.1. The first-order valence-corrected chi connectivity index (χ1v) is 9.34. The molecule has 1 heterocycles. The lowest BCUT2D eigenvalue weighted by molar-refractivity contribution is -0.384. The largest absolute Gasteiger partial charge is 0.378 e. The number of nitrogens with zero attached hydrogens (tertiary/aromatic N) is 3. The summed E-state index contributed by atoms with van der Waals surface area (Å²) in [6, 6.07) is 10.6. The third kappa shape index (κ3) is 5.00. The van der Waals surface area contributed by atoms with Crippen LogP contribution in [-0.4, -0.2) is 55.1 Å². The first-order chi connectivity index (χ1) is 14.5. The Morgan fingerprint density at radius 1 is 1.00 bits per heavy atom. The maximum Gasteiger partial charge on any atom is 0.293 e. The maximum absolute atomic E-state index is 12.4. The molecule has 0 bridgehead atoms. The van der Waals surface area contributed by atoms with E-state index in [9.17, 15) is 25.0 Å². The van der Waals surface area contributed by atoms with Crippen LogP contribution in [0.25, 0.3) is 0 Å². The van der Waals surface area contributed by atoms with Gasteiger partial charge in [0.2, 0.25) is 0 Å². The predicted molar refractivity (Wildman–Crippen MR) is 110 cm³/mol. The van der Waals surface area contributed by atoms with Crippen LogP contribution in [0, 0.1) is 20.2 Å². The number of morpholine rings is 1. The second-order valence-electron chi connectivity index (χ2n) is 6.52. The molecule has 0 aromatic heterocycles. The Kier molecular flexibility index (Phi) is 6.75. The Morgan fingerprint density at radius 3 is 2.40 bits per heavy atom. The maximum atomic E-state index is 12.4. The Hall–Kier alpha value is -3.73. The van der Waals surface area contributed by atoms with E-state index in [2.05, 4.69) is 10.6 Å². The SMILES string of the molecule is O=C(NCCNc1ccccc1[N+](=O)[O-])c1ccc(N2CCOCC2)c([N+](=O)[O-])c1. The number of hydrogen-bond donors (Lipinski definition) is 2. The van der Waals surface area contributed by atoms with Gasteiger partial charge in [-0.25, -0.2) is 0 Å². The number of ether oxygens (including phenoxy) is 1. The van der Waals surface area contributed by atoms with Gasteiger partial charge in [-0.2, -0.15) is 0 Å². The van der Waals surface area contributed by atoms with Crippen LogP contribution in [-0.2, 0) is 4.74 Å². The fourth-order valence-electron chi connectivity index (χ4n) is 3.14. The molecule has 2 N–H and O–H groups in total. The molecule has 2 aromatic rings. The zero-order chi connectivity index (χ0) is 21.5. The topological polar surface area (TPSA) is 140 Å². The van der Waals surface area contributed by atoms with E-state index in [4.69, 9.17) is 4.74 Å². The number of nitrogens with one attached hydrogen (secondary N) is 2. The van der Waals surface area contributed by atoms with E-state index in [1.807, 2.05) is 4.90 Å². The molecule has 0 spiro atoms. The van der Waals surface area contributed by atoms with E-state index in [1.54, 1.807) is 30.3 Å². The molecular weight excluding hydrogens is 394 g/mol. The first-order valence-electron chi connectivity index (χ1n) is 9.34. The molecule has 1 saturated heterocycles. The zero-order valence-corrected chi connectivity index (χ0v) is 16.1. The number of benzene rings is 2. The van der Waals surface area contributed by atoms with Crippen molar-refractivity contribution in [3.63, 3.8) is 0 Å². The van der Waals surface area contributed by atoms with Crippen LogP contribution in [0.4, 0.5) is 22.7 Å². The molecular formula is C19H21N5O6. The van der Waals surface area contributed by atoms with Crippen molar-refractivity contribution in [2.24, 2.45) is 0 Å². The van der Waals surface area contributed by atoms with Crippen LogP contribution in [0.5, 0.6) is 0 Å². The van der Waals surface area contributed by atoms with E-state index in [0.29, 0.717) is 37.7 Å². The van der Waals surface area contributed by atoms with Crippen molar-refractivity contribution in [1.29, 1.82) is 0 Å². The molecule has 0 radical (unpaired) electrons. The van der Waals surface area contributed by atoms with Crippen molar-refractivity contribution in [1.82, 2.24) is 5.32 Å². The Morgan fingerprint density at radius 2 is 1.70 bits per heavy atom. The molecule has 1 fully saturated rings. The van der Waals surface area contributed by atoms with E-state index in [0.717, 1.165) is 0 Å². The van der Waals surface area contributed by atoms with E-state index in [-0.39, 0.29) is 30.0 Å². The van der Waals surface area contributed by atoms with Crippen LogP contribution in [0.2, 0.25) is 0 Å². The highest BCUT2D eigenvalue weighted by atomic mass is 16.6. The summed E-state index contributed by atoms with van der Waals surface area (Å²) >= 11 is 0. The molecule has 0 atom stereocenters. The highest BCUT2D eigenvalue weighted by molar-refractivity contribution is 5.95. The van der Waals surface area contributed by atoms with Crippen molar-refractivity contribution >= 4 is 28.7 Å². The van der Waals surface area contributed by atoms with Crippen molar-refractivity contribution in [2.45, 2.75) is 0 Å². The highest BCUT2D eigenvalue weighted by Crippen LogP contribution is 2.30. The standard InChI is InChI=1S/C19H21N5O6/c25-19(21-8-7-20-15-3-1-2-4-16(15)23(26)27)14-5-6-17(18(13-14)24(28)29)22-9-11-30-12-10-22/h1-6,13,20H,7-12H2,(H,21,25). The quantitative estimate of drug-likeness (QED) is 0.380. The normalized spacial score (nSPS) is 13.5. The Bertz CT molecular complexity index is 945. The van der Waals surface area contributed by atoms with Gasteiger partial charge >= 0.3 is 0 Å². The second-order valence-corrected chi connectivity index (χ2v) is 6.52. The molecule has 2 aromatic carbocycles. The number of rotatable bonds is 8. The third-order valence-corrected chi connectivity index (χ3v) is 4.61. The van der Waals surface area contributed by atoms with Gasteiger partial charge in [0, 0.05) is 43.9 Å². The van der Waals surface area contributed by atoms with Gasteiger partial charge in [-0.1, -0.05) is 12.1 Å². The fourth-order valence-corrected chi connectivity index (χ4v) is 3.14. The summed E-state index contributed by atoms with van der Waals surface area (Å²) < 4.78 is 5.27. The van der Waals surface area contributed by atoms with Gasteiger partial charge in [-0.05, 0) is 18.2 Å². The molecule has 11 nitrogen and oxygen atoms in total. The molecule has 1 aliphatic heterocycles. The van der Waals surface area contributed by atoms with Gasteiger partial charge in [0.15, 0.2) is 0 Å². The summed E-state index contributed by atoms with van der Waals surface area (Å²) in [5.41, 5.74) is 0.783. The number of carbonyl (C=O) groups is 1. The van der Waals surface area contributed by atoms with Crippen molar-refractivity contribution < 1.29 is 19.4 Å². The average molecular weight is 415 g/mol. The van der Waals surface area contributed by atoms with Crippen LogP contribution in [0.1, 0.15) is 10.4 Å². The number of nitro benzene ring substituents is 2. The minimum absolute atomic E-state index is 0.0573. The van der Waals surface area contributed by atoms with Gasteiger partial charge in [-0.15, -0.1) is 0 Å². The number of amides is 1. The highest BCUT2D eigenvalue weighted by Gasteiger charge is 2.23. The lowest BCUT2D eigenvalue weighted by Crippen LogP contribution is -2.36. The molecule has 30 heavy (non-hydrogen) atoms. The number of para-hydroxylation sites is 2. The molecule has 158 valence electrons. The van der Waals surface area contributed by atoms with Crippen molar-refractivity contribution in [3.8, 4) is 0 Å². The lowest BCUT2D eigenvalue weighted by atomic mass is 10.1. The van der Waals surface area contributed by atoms with Gasteiger partial charge in [0.05, 0.1) is 23.1 Å². The molecule has 3 rings (SSSR count). The van der Waals surface area contributed by atoms with Crippen LogP contribution in [0.15, 0.2) is 42.5 Å². The smallest absolute Gasteiger partial charge is 0.293 e. The minimum Gasteiger partial charge on any atom is -0.378 e. The summed E-state index contributed by atoms with van der Waals surface area (Å²) in [6.45, 7) is 2.51. The number of nitro groups is 2. The summed E-state index contributed by atoms with van der Waals surface area (Å²) in [5.74, 6) is -0.462. The molecule has 0 saturated carbocycles. The molecule has 1 aliphatic rings. The van der Waals surface area contributed by atoms with Gasteiger partial charge in [0.1, 0.15) is 11.4 Å². The molecule has 11 heteroatoms. The number of hydrogen-bond acceptors (Lipinski definition) is 8. The van der Waals surface area contributed by atoms with E-state index < -0.39 is 15.8 Å². The molecule has 0 unspecified atom stereocenters. The Balaban J connectivity index is 1.61. The van der Waals surface area contributed by atoms with E-state index >= 15 is 0 Å². The van der Waals surface area contributed by atoms with Gasteiger partial charge in [-0.3, -0.25) is 25.0 Å². The van der Waals surface area contributed by atoms with Gasteiger partial charge in [0.25, 0.3) is 17.3 Å². The summed E-state index contributed by atoms with van der Waals surface area (Å²) in [6.07, 6.45) is 0. The Labute approximate surface area is 171 Å². The monoisotopic (exact) mass is 415 g/mol. The van der Waals surface area contributed by atoms with Crippen molar-refractivity contribution in [3.05, 3.63) is 68.3 Å². The van der Waals surface area contributed by atoms with Crippen LogP contribution >= 0.6 is 0 Å². The first kappa shape index (κ1) is 21.0. The number of anilines is 2. The fraction of sp³-hybridized carbons (Fsp3) is 0.316. The van der Waals surface area contributed by atoms with Crippen LogP contribution < -0.4 is 15.5 Å². The van der Waals surface area contributed by atoms with Gasteiger partial charge < -0.3 is 20.3 Å². The minimum atomic E-state index is -0.502. The summed E-state index contributed by atoms with van der Waals surface area (Å²) in [7, 11) is 0. The lowest BCUT2D eigenvalue weighted by Gasteiger charge is -2.28. The van der Waals surface area contributed by atoms with E-state index in [1.165, 1.54) is 12.1 Å². The predicted octanol–water partition coefficient (Wildman–Crippen LogP) is 2.18. The number of carbonyl (C=O) groups excluding carboxylic acids is 1. The zero-order valence-electron chi connectivity index (χ0n) is 16.1. The van der Waals surface area contributed by atoms with Crippen molar-refractivity contribution in [2.75, 3.05) is 49.6 Å².